The van der Waals surface area contributed by atoms with Gasteiger partial charge in [0.1, 0.15) is 10.7 Å². The number of rotatable bonds is 4. The van der Waals surface area contributed by atoms with Crippen molar-refractivity contribution < 1.29 is 31.9 Å². The summed E-state index contributed by atoms with van der Waals surface area (Å²) in [6.07, 6.45) is -1.40. The molecular weight excluding hydrogens is 422 g/mol. The summed E-state index contributed by atoms with van der Waals surface area (Å²) in [4.78, 5) is 24.3. The van der Waals surface area contributed by atoms with E-state index >= 15 is 0 Å². The highest BCUT2D eigenvalue weighted by Crippen LogP contribution is 2.36. The third-order valence-corrected chi connectivity index (χ3v) is 5.36. The Morgan fingerprint density at radius 3 is 2.54 bits per heavy atom. The Morgan fingerprint density at radius 1 is 1.11 bits per heavy atom. The molecule has 0 unspecified atom stereocenters. The highest BCUT2D eigenvalue weighted by atomic mass is 35.5. The van der Waals surface area contributed by atoms with Crippen molar-refractivity contribution in [3.05, 3.63) is 63.5 Å². The molecule has 146 valence electrons. The molecule has 28 heavy (non-hydrogen) atoms. The molecule has 2 aromatic carbocycles. The smallest absolute Gasteiger partial charge is 0.350 e. The third-order valence-electron chi connectivity index (χ3n) is 3.72. The molecule has 0 saturated carbocycles. The van der Waals surface area contributed by atoms with E-state index in [-0.39, 0.29) is 9.90 Å². The SMILES string of the molecule is C[C@H](OC(=O)c1sc2cc(F)ccc2c1Cl)C(=O)Nc1ccc(F)c(F)c1F. The van der Waals surface area contributed by atoms with Crippen molar-refractivity contribution in [1.82, 2.24) is 0 Å². The average molecular weight is 432 g/mol. The van der Waals surface area contributed by atoms with Gasteiger partial charge in [-0.15, -0.1) is 11.3 Å². The van der Waals surface area contributed by atoms with Gasteiger partial charge in [0.15, 0.2) is 23.6 Å². The van der Waals surface area contributed by atoms with Gasteiger partial charge in [-0.3, -0.25) is 4.79 Å². The molecule has 1 amide bonds. The van der Waals surface area contributed by atoms with Gasteiger partial charge in [0, 0.05) is 10.1 Å². The fourth-order valence-corrected chi connectivity index (χ4v) is 3.71. The van der Waals surface area contributed by atoms with E-state index in [9.17, 15) is 27.2 Å². The number of hydrogen-bond donors (Lipinski definition) is 1. The van der Waals surface area contributed by atoms with Crippen LogP contribution in [0.15, 0.2) is 30.3 Å². The van der Waals surface area contributed by atoms with Gasteiger partial charge < -0.3 is 10.1 Å². The molecule has 1 heterocycles. The largest absolute Gasteiger partial charge is 0.448 e. The molecule has 3 rings (SSSR count). The zero-order valence-electron chi connectivity index (χ0n) is 14.0. The molecular formula is C18H10ClF4NO3S. The van der Waals surface area contributed by atoms with Crippen LogP contribution in [0.2, 0.25) is 5.02 Å². The third kappa shape index (κ3) is 3.81. The van der Waals surface area contributed by atoms with Gasteiger partial charge in [0.25, 0.3) is 5.91 Å². The van der Waals surface area contributed by atoms with Crippen LogP contribution in [-0.4, -0.2) is 18.0 Å². The van der Waals surface area contributed by atoms with Gasteiger partial charge in [-0.1, -0.05) is 11.6 Å². The minimum absolute atomic E-state index is 0.0408. The molecule has 0 aliphatic rings. The van der Waals surface area contributed by atoms with Gasteiger partial charge >= 0.3 is 5.97 Å². The molecule has 0 bridgehead atoms. The number of anilines is 1. The van der Waals surface area contributed by atoms with E-state index in [1.807, 2.05) is 5.32 Å². The highest BCUT2D eigenvalue weighted by molar-refractivity contribution is 7.21. The fraction of sp³-hybridized carbons (Fsp3) is 0.111. The summed E-state index contributed by atoms with van der Waals surface area (Å²) in [5.74, 6) is -7.16. The Kier molecular flexibility index (Phi) is 5.57. The number of fused-ring (bicyclic) bond motifs is 1. The minimum Gasteiger partial charge on any atom is -0.448 e. The number of nitrogens with one attached hydrogen (secondary N) is 1. The number of benzene rings is 2. The van der Waals surface area contributed by atoms with E-state index in [1.54, 1.807) is 0 Å². The quantitative estimate of drug-likeness (QED) is 0.347. The van der Waals surface area contributed by atoms with E-state index in [1.165, 1.54) is 25.1 Å². The number of ether oxygens (including phenoxy) is 1. The number of carbonyl (C=O) groups excluding carboxylic acids is 2. The molecule has 0 spiro atoms. The van der Waals surface area contributed by atoms with Gasteiger partial charge in [0.05, 0.1) is 10.7 Å². The van der Waals surface area contributed by atoms with Crippen LogP contribution < -0.4 is 5.32 Å². The normalized spacial score (nSPS) is 12.1. The molecule has 1 N–H and O–H groups in total. The van der Waals surface area contributed by atoms with Crippen molar-refractivity contribution >= 4 is 50.6 Å². The maximum absolute atomic E-state index is 13.6. The number of esters is 1. The van der Waals surface area contributed by atoms with Gasteiger partial charge in [-0.2, -0.15) is 0 Å². The zero-order chi connectivity index (χ0) is 20.6. The molecule has 10 heteroatoms. The second-order valence-corrected chi connectivity index (χ2v) is 7.08. The van der Waals surface area contributed by atoms with Crippen LogP contribution in [0.25, 0.3) is 10.1 Å². The predicted molar refractivity (Wildman–Crippen MR) is 96.6 cm³/mol. The first-order chi connectivity index (χ1) is 13.2. The van der Waals surface area contributed by atoms with Gasteiger partial charge in [-0.05, 0) is 37.3 Å². The molecule has 4 nitrogen and oxygen atoms in total. The van der Waals surface area contributed by atoms with Gasteiger partial charge in [-0.25, -0.2) is 22.4 Å². The first-order valence-electron chi connectivity index (χ1n) is 7.72. The molecule has 0 saturated heterocycles. The second-order valence-electron chi connectivity index (χ2n) is 5.65. The molecule has 3 aromatic rings. The van der Waals surface area contributed by atoms with Crippen LogP contribution in [-0.2, 0) is 9.53 Å². The fourth-order valence-electron chi connectivity index (χ4n) is 2.29. The van der Waals surface area contributed by atoms with E-state index in [2.05, 4.69) is 0 Å². The van der Waals surface area contributed by atoms with Crippen molar-refractivity contribution in [2.45, 2.75) is 13.0 Å². The Bertz CT molecular complexity index is 1100. The molecule has 0 radical (unpaired) electrons. The summed E-state index contributed by atoms with van der Waals surface area (Å²) in [7, 11) is 0. The summed E-state index contributed by atoms with van der Waals surface area (Å²) in [5, 5.41) is 2.50. The first kappa shape index (κ1) is 20.1. The van der Waals surface area contributed by atoms with Crippen molar-refractivity contribution in [2.75, 3.05) is 5.32 Å². The maximum Gasteiger partial charge on any atom is 0.350 e. The summed E-state index contributed by atoms with van der Waals surface area (Å²) in [6.45, 7) is 1.20. The summed E-state index contributed by atoms with van der Waals surface area (Å²) < 4.78 is 58.5. The lowest BCUT2D eigenvalue weighted by molar-refractivity contribution is -0.123. The Morgan fingerprint density at radius 2 is 1.82 bits per heavy atom. The van der Waals surface area contributed by atoms with Gasteiger partial charge in [0.2, 0.25) is 0 Å². The van der Waals surface area contributed by atoms with Crippen molar-refractivity contribution in [3.8, 4) is 0 Å². The number of thiophene rings is 1. The number of hydrogen-bond acceptors (Lipinski definition) is 4. The topological polar surface area (TPSA) is 55.4 Å². The molecule has 0 fully saturated rings. The summed E-state index contributed by atoms with van der Waals surface area (Å²) >= 11 is 6.99. The average Bonchev–Trinajstić information content (AvgIpc) is 2.98. The number of carbonyl (C=O) groups is 2. The van der Waals surface area contributed by atoms with Crippen LogP contribution >= 0.6 is 22.9 Å². The van der Waals surface area contributed by atoms with Crippen molar-refractivity contribution in [1.29, 1.82) is 0 Å². The second kappa shape index (κ2) is 7.76. The lowest BCUT2D eigenvalue weighted by Crippen LogP contribution is -2.30. The molecule has 0 aliphatic heterocycles. The standard InChI is InChI=1S/C18H10ClF4NO3S/c1-7(17(25)24-11-5-4-10(21)14(22)15(11)23)27-18(26)16-13(19)9-3-2-8(20)6-12(9)28-16/h2-7H,1H3,(H,24,25)/t7-/m0/s1. The molecule has 0 aliphatic carbocycles. The van der Waals surface area contributed by atoms with Crippen LogP contribution in [0.4, 0.5) is 23.2 Å². The lowest BCUT2D eigenvalue weighted by Gasteiger charge is -2.13. The van der Waals surface area contributed by atoms with Crippen molar-refractivity contribution in [3.63, 3.8) is 0 Å². The lowest BCUT2D eigenvalue weighted by atomic mass is 10.2. The highest BCUT2D eigenvalue weighted by Gasteiger charge is 2.25. The monoisotopic (exact) mass is 431 g/mol. The van der Waals surface area contributed by atoms with Crippen LogP contribution in [0.1, 0.15) is 16.6 Å². The zero-order valence-corrected chi connectivity index (χ0v) is 15.6. The van der Waals surface area contributed by atoms with E-state index in [4.69, 9.17) is 16.3 Å². The van der Waals surface area contributed by atoms with Crippen molar-refractivity contribution in [2.24, 2.45) is 0 Å². The minimum atomic E-state index is -1.74. The van der Waals surface area contributed by atoms with Crippen LogP contribution in [0.3, 0.4) is 0 Å². The van der Waals surface area contributed by atoms with Crippen LogP contribution in [0.5, 0.6) is 0 Å². The number of amides is 1. The van der Waals surface area contributed by atoms with E-state index < -0.39 is 46.9 Å². The van der Waals surface area contributed by atoms with E-state index in [0.29, 0.717) is 16.2 Å². The van der Waals surface area contributed by atoms with Crippen LogP contribution in [0, 0.1) is 23.3 Å². The predicted octanol–water partition coefficient (Wildman–Crippen LogP) is 5.30. The summed E-state index contributed by atoms with van der Waals surface area (Å²) in [6, 6.07) is 5.26. The Balaban J connectivity index is 1.75. The maximum atomic E-state index is 13.6. The van der Waals surface area contributed by atoms with E-state index in [0.717, 1.165) is 17.4 Å². The Hall–Kier alpha value is -2.65. The Labute approximate surface area is 164 Å². The first-order valence-corrected chi connectivity index (χ1v) is 8.91. The number of halogens is 5. The summed E-state index contributed by atoms with van der Waals surface area (Å²) in [5.41, 5.74) is -0.609. The molecule has 1 aromatic heterocycles. The molecule has 1 atom stereocenters.